The fourth-order valence-electron chi connectivity index (χ4n) is 1.84. The number of hydrogen-bond acceptors (Lipinski definition) is 5. The number of halogens is 2. The zero-order chi connectivity index (χ0) is 16.1. The van der Waals surface area contributed by atoms with Gasteiger partial charge in [0.2, 0.25) is 5.89 Å². The average molecular weight is 350 g/mol. The van der Waals surface area contributed by atoms with Crippen molar-refractivity contribution >= 4 is 29.1 Å². The summed E-state index contributed by atoms with van der Waals surface area (Å²) in [6.07, 6.45) is 0. The Bertz CT molecular complexity index is 698. The maximum Gasteiger partial charge on any atom is 0.276 e. The summed E-state index contributed by atoms with van der Waals surface area (Å²) in [5.41, 5.74) is 1.92. The van der Waals surface area contributed by atoms with E-state index in [0.29, 0.717) is 28.4 Å². The molecule has 0 atom stereocenters. The van der Waals surface area contributed by atoms with Crippen LogP contribution in [0.2, 0.25) is 5.02 Å². The molecular weight excluding hydrogens is 337 g/mol. The Kier molecular flexibility index (Phi) is 5.15. The van der Waals surface area contributed by atoms with Crippen LogP contribution in [0.25, 0.3) is 0 Å². The van der Waals surface area contributed by atoms with Crippen LogP contribution in [0.15, 0.2) is 58.2 Å². The summed E-state index contributed by atoms with van der Waals surface area (Å²) in [6.45, 7) is 0.436. The van der Waals surface area contributed by atoms with Gasteiger partial charge in [0.15, 0.2) is 0 Å². The maximum absolute atomic E-state index is 12.8. The van der Waals surface area contributed by atoms with Crippen LogP contribution < -0.4 is 5.32 Å². The maximum atomic E-state index is 12.8. The fourth-order valence-corrected chi connectivity index (χ4v) is 2.70. The normalized spacial score (nSPS) is 10.7. The van der Waals surface area contributed by atoms with Gasteiger partial charge in [0.1, 0.15) is 5.82 Å². The van der Waals surface area contributed by atoms with E-state index in [0.717, 1.165) is 11.3 Å². The van der Waals surface area contributed by atoms with Gasteiger partial charge in [-0.05, 0) is 42.0 Å². The third-order valence-electron chi connectivity index (χ3n) is 3.01. The van der Waals surface area contributed by atoms with E-state index in [2.05, 4.69) is 15.5 Å². The first-order valence-electron chi connectivity index (χ1n) is 6.88. The number of rotatable bonds is 6. The molecule has 0 saturated heterocycles. The molecule has 0 aliphatic heterocycles. The van der Waals surface area contributed by atoms with Gasteiger partial charge in [-0.1, -0.05) is 35.5 Å². The highest BCUT2D eigenvalue weighted by molar-refractivity contribution is 7.98. The second-order valence-corrected chi connectivity index (χ2v) is 6.10. The number of thioether (sulfide) groups is 1. The number of nitrogens with one attached hydrogen (secondary N) is 1. The molecule has 3 aromatic rings. The Balaban J connectivity index is 1.51. The van der Waals surface area contributed by atoms with Gasteiger partial charge in [-0.15, -0.1) is 10.2 Å². The van der Waals surface area contributed by atoms with Crippen LogP contribution in [-0.2, 0) is 12.3 Å². The minimum Gasteiger partial charge on any atom is -0.414 e. The number of hydrogen-bond donors (Lipinski definition) is 1. The number of benzene rings is 2. The number of nitrogens with zero attached hydrogens (tertiary/aromatic N) is 2. The SMILES string of the molecule is Fc1ccc(CSc2nnc(CNc3ccc(Cl)cc3)o2)cc1. The molecule has 1 heterocycles. The van der Waals surface area contributed by atoms with E-state index in [1.807, 2.05) is 24.3 Å². The monoisotopic (exact) mass is 349 g/mol. The zero-order valence-corrected chi connectivity index (χ0v) is 13.6. The lowest BCUT2D eigenvalue weighted by molar-refractivity contribution is 0.418. The third kappa shape index (κ3) is 4.71. The summed E-state index contributed by atoms with van der Waals surface area (Å²) >= 11 is 7.25. The smallest absolute Gasteiger partial charge is 0.276 e. The summed E-state index contributed by atoms with van der Waals surface area (Å²) in [4.78, 5) is 0. The van der Waals surface area contributed by atoms with E-state index in [4.69, 9.17) is 16.0 Å². The molecule has 118 valence electrons. The van der Waals surface area contributed by atoms with Crippen LogP contribution in [0.5, 0.6) is 0 Å². The highest BCUT2D eigenvalue weighted by Gasteiger charge is 2.07. The van der Waals surface area contributed by atoms with Gasteiger partial charge in [0.05, 0.1) is 6.54 Å². The average Bonchev–Trinajstić information content (AvgIpc) is 3.02. The largest absolute Gasteiger partial charge is 0.414 e. The van der Waals surface area contributed by atoms with Crippen molar-refractivity contribution in [2.75, 3.05) is 5.32 Å². The molecular formula is C16H13ClFN3OS. The second-order valence-electron chi connectivity index (χ2n) is 4.74. The first-order valence-corrected chi connectivity index (χ1v) is 8.24. The van der Waals surface area contributed by atoms with Crippen LogP contribution in [0.4, 0.5) is 10.1 Å². The summed E-state index contributed by atoms with van der Waals surface area (Å²) in [5, 5.41) is 12.3. The van der Waals surface area contributed by atoms with Crippen molar-refractivity contribution in [3.63, 3.8) is 0 Å². The van der Waals surface area contributed by atoms with Crippen LogP contribution >= 0.6 is 23.4 Å². The molecule has 23 heavy (non-hydrogen) atoms. The molecule has 1 N–H and O–H groups in total. The van der Waals surface area contributed by atoms with E-state index in [9.17, 15) is 4.39 Å². The van der Waals surface area contributed by atoms with E-state index in [1.54, 1.807) is 12.1 Å². The molecule has 0 bridgehead atoms. The molecule has 1 aromatic heterocycles. The van der Waals surface area contributed by atoms with Crippen LogP contribution in [0.3, 0.4) is 0 Å². The van der Waals surface area contributed by atoms with Crippen molar-refractivity contribution in [3.8, 4) is 0 Å². The predicted octanol–water partition coefficient (Wildman–Crippen LogP) is 4.77. The highest BCUT2D eigenvalue weighted by Crippen LogP contribution is 2.22. The molecule has 0 aliphatic carbocycles. The lowest BCUT2D eigenvalue weighted by Gasteiger charge is -2.02. The topological polar surface area (TPSA) is 51.0 Å². The zero-order valence-electron chi connectivity index (χ0n) is 12.0. The molecule has 2 aromatic carbocycles. The fraction of sp³-hybridized carbons (Fsp3) is 0.125. The predicted molar refractivity (Wildman–Crippen MR) is 89.0 cm³/mol. The summed E-state index contributed by atoms with van der Waals surface area (Å²) < 4.78 is 18.4. The number of aromatic nitrogens is 2. The van der Waals surface area contributed by atoms with Gasteiger partial charge < -0.3 is 9.73 Å². The quantitative estimate of drug-likeness (QED) is 0.650. The van der Waals surface area contributed by atoms with Gasteiger partial charge >= 0.3 is 0 Å². The Morgan fingerprint density at radius 1 is 1.04 bits per heavy atom. The third-order valence-corrected chi connectivity index (χ3v) is 4.15. The lowest BCUT2D eigenvalue weighted by atomic mass is 10.2. The van der Waals surface area contributed by atoms with E-state index < -0.39 is 0 Å². The first-order chi connectivity index (χ1) is 11.2. The molecule has 0 unspecified atom stereocenters. The van der Waals surface area contributed by atoms with E-state index in [-0.39, 0.29) is 5.82 Å². The Labute approximate surface area is 142 Å². The van der Waals surface area contributed by atoms with Crippen LogP contribution in [0, 0.1) is 5.82 Å². The molecule has 0 saturated carbocycles. The Hall–Kier alpha value is -2.05. The van der Waals surface area contributed by atoms with Gasteiger partial charge in [-0.2, -0.15) is 0 Å². The minimum atomic E-state index is -0.243. The van der Waals surface area contributed by atoms with E-state index >= 15 is 0 Å². The molecule has 0 spiro atoms. The van der Waals surface area contributed by atoms with Gasteiger partial charge in [0, 0.05) is 16.5 Å². The van der Waals surface area contributed by atoms with E-state index in [1.165, 1.54) is 23.9 Å². The molecule has 4 nitrogen and oxygen atoms in total. The second kappa shape index (κ2) is 7.48. The van der Waals surface area contributed by atoms with Crippen molar-refractivity contribution in [1.29, 1.82) is 0 Å². The van der Waals surface area contributed by atoms with Crippen LogP contribution in [-0.4, -0.2) is 10.2 Å². The lowest BCUT2D eigenvalue weighted by Crippen LogP contribution is -1.99. The summed E-state index contributed by atoms with van der Waals surface area (Å²) in [5.74, 6) is 0.903. The Morgan fingerprint density at radius 3 is 2.52 bits per heavy atom. The minimum absolute atomic E-state index is 0.243. The highest BCUT2D eigenvalue weighted by atomic mass is 35.5. The van der Waals surface area contributed by atoms with Crippen molar-refractivity contribution in [2.45, 2.75) is 17.5 Å². The molecule has 0 aliphatic rings. The van der Waals surface area contributed by atoms with Gasteiger partial charge in [0.25, 0.3) is 5.22 Å². The molecule has 3 rings (SSSR count). The molecule has 0 fully saturated rings. The number of anilines is 1. The summed E-state index contributed by atoms with van der Waals surface area (Å²) in [7, 11) is 0. The molecule has 7 heteroatoms. The van der Waals surface area contributed by atoms with Crippen molar-refractivity contribution < 1.29 is 8.81 Å². The summed E-state index contributed by atoms with van der Waals surface area (Å²) in [6, 6.07) is 13.7. The van der Waals surface area contributed by atoms with Crippen molar-refractivity contribution in [3.05, 3.63) is 70.8 Å². The Morgan fingerprint density at radius 2 is 1.78 bits per heavy atom. The van der Waals surface area contributed by atoms with Crippen molar-refractivity contribution in [1.82, 2.24) is 10.2 Å². The van der Waals surface area contributed by atoms with Gasteiger partial charge in [-0.25, -0.2) is 4.39 Å². The van der Waals surface area contributed by atoms with Crippen molar-refractivity contribution in [2.24, 2.45) is 0 Å². The standard InChI is InChI=1S/C16H13ClFN3OS/c17-12-3-7-14(8-4-12)19-9-15-20-21-16(22-15)23-10-11-1-5-13(18)6-2-11/h1-8,19H,9-10H2. The first kappa shape index (κ1) is 15.8. The van der Waals surface area contributed by atoms with Crippen LogP contribution in [0.1, 0.15) is 11.5 Å². The molecule has 0 amide bonds. The van der Waals surface area contributed by atoms with Gasteiger partial charge in [-0.3, -0.25) is 0 Å². The molecule has 0 radical (unpaired) electrons.